The first-order chi connectivity index (χ1) is 7.25. The third kappa shape index (κ3) is 4.08. The van der Waals surface area contributed by atoms with Crippen LogP contribution in [0.15, 0.2) is 18.2 Å². The van der Waals surface area contributed by atoms with Crippen molar-refractivity contribution in [2.45, 2.75) is 12.8 Å². The Morgan fingerprint density at radius 3 is 2.80 bits per heavy atom. The van der Waals surface area contributed by atoms with Gasteiger partial charge in [0.15, 0.2) is 11.6 Å². The molecule has 0 atom stereocenters. The van der Waals surface area contributed by atoms with E-state index >= 15 is 0 Å². The number of rotatable bonds is 6. The Bertz CT molecular complexity index is 305. The van der Waals surface area contributed by atoms with Gasteiger partial charge in [0, 0.05) is 0 Å². The lowest BCUT2D eigenvalue weighted by molar-refractivity contribution is 0.289. The van der Waals surface area contributed by atoms with E-state index in [0.717, 1.165) is 24.7 Å². The number of hydrogen-bond acceptors (Lipinski definition) is 2. The number of thioether (sulfide) groups is 1. The average molecular weight is 232 g/mol. The van der Waals surface area contributed by atoms with Gasteiger partial charge in [-0.2, -0.15) is 16.2 Å². The molecule has 0 heterocycles. The summed E-state index contributed by atoms with van der Waals surface area (Å²) in [5.41, 5.74) is 0. The molecular formula is C11H14F2OS. The lowest BCUT2D eigenvalue weighted by Crippen LogP contribution is -2.00. The molecule has 0 radical (unpaired) electrons. The highest BCUT2D eigenvalue weighted by Crippen LogP contribution is 2.19. The van der Waals surface area contributed by atoms with Crippen molar-refractivity contribution in [1.82, 2.24) is 0 Å². The SMILES string of the molecule is CSCCCCOc1cccc(F)c1F. The third-order valence-electron chi connectivity index (χ3n) is 1.92. The van der Waals surface area contributed by atoms with Crippen LogP contribution >= 0.6 is 11.8 Å². The second-order valence-corrected chi connectivity index (χ2v) is 4.09. The number of ether oxygens (including phenoxy) is 1. The van der Waals surface area contributed by atoms with Crippen LogP contribution in [-0.2, 0) is 0 Å². The molecular weight excluding hydrogens is 218 g/mol. The van der Waals surface area contributed by atoms with Crippen molar-refractivity contribution in [3.63, 3.8) is 0 Å². The van der Waals surface area contributed by atoms with Crippen LogP contribution in [0.3, 0.4) is 0 Å². The molecule has 1 aromatic carbocycles. The van der Waals surface area contributed by atoms with E-state index in [1.807, 2.05) is 6.26 Å². The standard InChI is InChI=1S/C11H14F2OS/c1-15-8-3-2-7-14-10-6-4-5-9(12)11(10)13/h4-6H,2-3,7-8H2,1H3. The Hall–Kier alpha value is -0.770. The quantitative estimate of drug-likeness (QED) is 0.694. The summed E-state index contributed by atoms with van der Waals surface area (Å²) in [5.74, 6) is -0.701. The zero-order valence-electron chi connectivity index (χ0n) is 8.63. The van der Waals surface area contributed by atoms with Crippen LogP contribution in [0.5, 0.6) is 5.75 Å². The predicted molar refractivity (Wildman–Crippen MR) is 59.5 cm³/mol. The molecule has 0 saturated heterocycles. The first kappa shape index (κ1) is 12.3. The molecule has 0 aliphatic rings. The van der Waals surface area contributed by atoms with Gasteiger partial charge in [0.25, 0.3) is 0 Å². The Kier molecular flexibility index (Phi) is 5.47. The molecule has 0 bridgehead atoms. The Morgan fingerprint density at radius 2 is 2.07 bits per heavy atom. The minimum atomic E-state index is -0.901. The second-order valence-electron chi connectivity index (χ2n) is 3.10. The molecule has 0 aromatic heterocycles. The van der Waals surface area contributed by atoms with E-state index in [1.54, 1.807) is 11.8 Å². The Labute approximate surface area is 92.8 Å². The summed E-state index contributed by atoms with van der Waals surface area (Å²) in [5, 5.41) is 0. The fourth-order valence-corrected chi connectivity index (χ4v) is 1.62. The molecule has 1 rings (SSSR count). The van der Waals surface area contributed by atoms with Crippen molar-refractivity contribution < 1.29 is 13.5 Å². The largest absolute Gasteiger partial charge is 0.490 e. The molecule has 1 aromatic rings. The number of halogens is 2. The first-order valence-corrected chi connectivity index (χ1v) is 6.21. The van der Waals surface area contributed by atoms with Crippen molar-refractivity contribution in [2.75, 3.05) is 18.6 Å². The summed E-state index contributed by atoms with van der Waals surface area (Å²) in [6, 6.07) is 3.96. The van der Waals surface area contributed by atoms with Gasteiger partial charge in [-0.25, -0.2) is 4.39 Å². The van der Waals surface area contributed by atoms with Gasteiger partial charge in [-0.05, 0) is 37.0 Å². The van der Waals surface area contributed by atoms with Crippen molar-refractivity contribution in [3.05, 3.63) is 29.8 Å². The lowest BCUT2D eigenvalue weighted by Gasteiger charge is -2.06. The third-order valence-corrected chi connectivity index (χ3v) is 2.61. The molecule has 15 heavy (non-hydrogen) atoms. The van der Waals surface area contributed by atoms with E-state index in [-0.39, 0.29) is 5.75 Å². The smallest absolute Gasteiger partial charge is 0.200 e. The second kappa shape index (κ2) is 6.67. The molecule has 0 N–H and O–H groups in total. The zero-order chi connectivity index (χ0) is 11.1. The van der Waals surface area contributed by atoms with Crippen molar-refractivity contribution in [2.24, 2.45) is 0 Å². The fourth-order valence-electron chi connectivity index (χ4n) is 1.13. The number of benzene rings is 1. The van der Waals surface area contributed by atoms with Crippen LogP contribution in [0.4, 0.5) is 8.78 Å². The molecule has 0 fully saturated rings. The normalized spacial score (nSPS) is 10.3. The summed E-state index contributed by atoms with van der Waals surface area (Å²) in [7, 11) is 0. The lowest BCUT2D eigenvalue weighted by atomic mass is 10.3. The van der Waals surface area contributed by atoms with Gasteiger partial charge < -0.3 is 4.74 Å². The molecule has 0 aliphatic carbocycles. The highest BCUT2D eigenvalue weighted by atomic mass is 32.2. The maximum atomic E-state index is 13.1. The molecule has 0 unspecified atom stereocenters. The monoisotopic (exact) mass is 232 g/mol. The predicted octanol–water partition coefficient (Wildman–Crippen LogP) is 3.49. The molecule has 0 spiro atoms. The highest BCUT2D eigenvalue weighted by Gasteiger charge is 2.07. The zero-order valence-corrected chi connectivity index (χ0v) is 9.45. The Balaban J connectivity index is 2.34. The van der Waals surface area contributed by atoms with Gasteiger partial charge in [0.05, 0.1) is 6.61 Å². The topological polar surface area (TPSA) is 9.23 Å². The van der Waals surface area contributed by atoms with E-state index in [1.165, 1.54) is 12.1 Å². The minimum Gasteiger partial charge on any atom is -0.490 e. The molecule has 0 saturated carbocycles. The summed E-state index contributed by atoms with van der Waals surface area (Å²) in [4.78, 5) is 0. The maximum absolute atomic E-state index is 13.1. The molecule has 1 nitrogen and oxygen atoms in total. The van der Waals surface area contributed by atoms with Crippen LogP contribution in [0.1, 0.15) is 12.8 Å². The van der Waals surface area contributed by atoms with Gasteiger partial charge in [0.1, 0.15) is 0 Å². The summed E-state index contributed by atoms with van der Waals surface area (Å²) < 4.78 is 31.0. The highest BCUT2D eigenvalue weighted by molar-refractivity contribution is 7.98. The van der Waals surface area contributed by atoms with Crippen molar-refractivity contribution in [3.8, 4) is 5.75 Å². The average Bonchev–Trinajstić information content (AvgIpc) is 2.24. The van der Waals surface area contributed by atoms with Crippen molar-refractivity contribution >= 4 is 11.8 Å². The van der Waals surface area contributed by atoms with Gasteiger partial charge >= 0.3 is 0 Å². The fraction of sp³-hybridized carbons (Fsp3) is 0.455. The van der Waals surface area contributed by atoms with Crippen LogP contribution in [0, 0.1) is 11.6 Å². The van der Waals surface area contributed by atoms with Gasteiger partial charge in [-0.1, -0.05) is 6.07 Å². The van der Waals surface area contributed by atoms with Gasteiger partial charge in [-0.15, -0.1) is 0 Å². The summed E-state index contributed by atoms with van der Waals surface area (Å²) in [6.45, 7) is 0.431. The van der Waals surface area contributed by atoms with Crippen molar-refractivity contribution in [1.29, 1.82) is 0 Å². The van der Waals surface area contributed by atoms with Crippen LogP contribution in [-0.4, -0.2) is 18.6 Å². The molecule has 84 valence electrons. The number of unbranched alkanes of at least 4 members (excludes halogenated alkanes) is 1. The van der Waals surface area contributed by atoms with Crippen LogP contribution in [0.2, 0.25) is 0 Å². The van der Waals surface area contributed by atoms with Crippen LogP contribution in [0.25, 0.3) is 0 Å². The van der Waals surface area contributed by atoms with E-state index in [9.17, 15) is 8.78 Å². The molecule has 0 aliphatic heterocycles. The summed E-state index contributed by atoms with van der Waals surface area (Å²) >= 11 is 1.76. The maximum Gasteiger partial charge on any atom is 0.200 e. The summed E-state index contributed by atoms with van der Waals surface area (Å²) in [6.07, 6.45) is 3.92. The number of hydrogen-bond donors (Lipinski definition) is 0. The Morgan fingerprint density at radius 1 is 1.27 bits per heavy atom. The van der Waals surface area contributed by atoms with E-state index < -0.39 is 11.6 Å². The van der Waals surface area contributed by atoms with Crippen LogP contribution < -0.4 is 4.74 Å². The van der Waals surface area contributed by atoms with E-state index in [0.29, 0.717) is 6.61 Å². The van der Waals surface area contributed by atoms with Gasteiger partial charge in [0.2, 0.25) is 5.82 Å². The first-order valence-electron chi connectivity index (χ1n) is 4.81. The molecule has 0 amide bonds. The van der Waals surface area contributed by atoms with Gasteiger partial charge in [-0.3, -0.25) is 0 Å². The van der Waals surface area contributed by atoms with E-state index in [2.05, 4.69) is 0 Å². The molecule has 4 heteroatoms. The van der Waals surface area contributed by atoms with E-state index in [4.69, 9.17) is 4.74 Å². The minimum absolute atomic E-state index is 0.000786.